The Bertz CT molecular complexity index is 428. The maximum Gasteiger partial charge on any atom is 0.234 e. The maximum absolute atomic E-state index is 10.8. The van der Waals surface area contributed by atoms with Gasteiger partial charge in [-0.3, -0.25) is 4.79 Å². The highest BCUT2D eigenvalue weighted by Gasteiger charge is 2.20. The number of rotatable bonds is 11. The molecule has 0 aliphatic rings. The van der Waals surface area contributed by atoms with E-state index in [0.29, 0.717) is 13.2 Å². The highest BCUT2D eigenvalue weighted by atomic mass is 16.5. The number of carbonyl (C=O) groups excluding carboxylic acids is 1. The lowest BCUT2D eigenvalue weighted by Crippen LogP contribution is -2.44. The number of aliphatic hydroxyl groups is 1. The molecule has 6 nitrogen and oxygen atoms in total. The van der Waals surface area contributed by atoms with Crippen molar-refractivity contribution in [2.45, 2.75) is 51.9 Å². The molecule has 0 saturated carbocycles. The Balaban J connectivity index is 0. The number of aliphatic hydroxyl groups excluding tert-OH is 1. The molecule has 1 amide bonds. The first-order chi connectivity index (χ1) is 12.8. The van der Waals surface area contributed by atoms with Gasteiger partial charge in [0.05, 0.1) is 24.4 Å². The van der Waals surface area contributed by atoms with Crippen LogP contribution in [0.25, 0.3) is 0 Å². The predicted octanol–water partition coefficient (Wildman–Crippen LogP) is 2.52. The molecule has 6 heteroatoms. The number of benzene rings is 1. The van der Waals surface area contributed by atoms with E-state index in [0.717, 1.165) is 6.42 Å². The average Bonchev–Trinajstić information content (AvgIpc) is 2.68. The summed E-state index contributed by atoms with van der Waals surface area (Å²) < 4.78 is 10.9. The van der Waals surface area contributed by atoms with Gasteiger partial charge >= 0.3 is 0 Å². The van der Waals surface area contributed by atoms with Crippen LogP contribution < -0.4 is 11.1 Å². The lowest BCUT2D eigenvalue weighted by atomic mass is 10.1. The zero-order chi connectivity index (χ0) is 21.1. The van der Waals surface area contributed by atoms with E-state index < -0.39 is 18.1 Å². The van der Waals surface area contributed by atoms with Crippen LogP contribution in [-0.2, 0) is 14.3 Å². The van der Waals surface area contributed by atoms with Gasteiger partial charge < -0.3 is 25.6 Å². The number of carbonyl (C=O) groups is 1. The summed E-state index contributed by atoms with van der Waals surface area (Å²) in [6, 6.07) is 11.5. The van der Waals surface area contributed by atoms with Crippen LogP contribution in [0.2, 0.25) is 0 Å². The summed E-state index contributed by atoms with van der Waals surface area (Å²) in [7, 11) is 0. The fraction of sp³-hybridized carbons (Fsp3) is 0.571. The van der Waals surface area contributed by atoms with E-state index >= 15 is 0 Å². The smallest absolute Gasteiger partial charge is 0.234 e. The van der Waals surface area contributed by atoms with Gasteiger partial charge in [-0.15, -0.1) is 13.2 Å². The highest BCUT2D eigenvalue weighted by molar-refractivity contribution is 5.79. The number of primary amides is 1. The molecular formula is C21H38N2O4. The van der Waals surface area contributed by atoms with Crippen LogP contribution in [0.15, 0.2) is 49.6 Å². The van der Waals surface area contributed by atoms with Gasteiger partial charge in [-0.1, -0.05) is 36.4 Å². The fourth-order valence-corrected chi connectivity index (χ4v) is 1.71. The molecule has 0 aliphatic heterocycles. The monoisotopic (exact) mass is 382 g/mol. The highest BCUT2D eigenvalue weighted by Crippen LogP contribution is 2.14. The summed E-state index contributed by atoms with van der Waals surface area (Å²) in [5, 5.41) is 12.6. The van der Waals surface area contributed by atoms with Crippen LogP contribution in [0.4, 0.5) is 0 Å². The van der Waals surface area contributed by atoms with E-state index in [1.54, 1.807) is 6.92 Å². The molecule has 0 fully saturated rings. The van der Waals surface area contributed by atoms with Crippen molar-refractivity contribution in [3.8, 4) is 0 Å². The third-order valence-electron chi connectivity index (χ3n) is 3.47. The zero-order valence-electron chi connectivity index (χ0n) is 17.3. The first-order valence-electron chi connectivity index (χ1n) is 9.21. The lowest BCUT2D eigenvalue weighted by molar-refractivity contribution is -0.119. The predicted molar refractivity (Wildman–Crippen MR) is 112 cm³/mol. The van der Waals surface area contributed by atoms with E-state index in [4.69, 9.17) is 15.2 Å². The van der Waals surface area contributed by atoms with Crippen molar-refractivity contribution in [2.24, 2.45) is 5.73 Å². The Kier molecular flexibility index (Phi) is 18.0. The van der Waals surface area contributed by atoms with Gasteiger partial charge in [0, 0.05) is 19.8 Å². The van der Waals surface area contributed by atoms with Crippen LogP contribution in [0.1, 0.15) is 34.1 Å². The molecule has 27 heavy (non-hydrogen) atoms. The molecule has 0 aliphatic carbocycles. The fourth-order valence-electron chi connectivity index (χ4n) is 1.71. The second kappa shape index (κ2) is 17.7. The molecule has 2 unspecified atom stereocenters. The van der Waals surface area contributed by atoms with Crippen molar-refractivity contribution in [3.63, 3.8) is 0 Å². The average molecular weight is 383 g/mol. The van der Waals surface area contributed by atoms with Gasteiger partial charge in [0.2, 0.25) is 5.91 Å². The number of hydrogen-bond acceptors (Lipinski definition) is 5. The second-order valence-electron chi connectivity index (χ2n) is 6.36. The summed E-state index contributed by atoms with van der Waals surface area (Å²) in [5.41, 5.74) is 4.76. The van der Waals surface area contributed by atoms with Gasteiger partial charge in [0.25, 0.3) is 0 Å². The van der Waals surface area contributed by atoms with Crippen LogP contribution in [0, 0.1) is 0 Å². The molecule has 1 aromatic rings. The van der Waals surface area contributed by atoms with Crippen LogP contribution >= 0.6 is 0 Å². The lowest BCUT2D eigenvalue weighted by Gasteiger charge is -2.27. The molecule has 0 saturated heterocycles. The SMILES string of the molecule is C=C.CCOCCC(C)(C)OCC(O)CNC(C)C(N)=O.c1ccccc1. The van der Waals surface area contributed by atoms with Gasteiger partial charge in [0.1, 0.15) is 0 Å². The standard InChI is InChI=1S/C13H28N2O4.C6H6.C2H4/c1-5-18-7-6-13(3,4)19-9-11(16)8-15-10(2)12(14)17;1-2-4-6-5-3-1;1-2/h10-11,15-16H,5-9H2,1-4H3,(H2,14,17);1-6H;1-2H2. The van der Waals surface area contributed by atoms with E-state index in [1.807, 2.05) is 57.2 Å². The molecule has 2 atom stereocenters. The minimum absolute atomic E-state index is 0.206. The minimum atomic E-state index is -0.673. The Hall–Kier alpha value is -1.73. The number of nitrogens with one attached hydrogen (secondary N) is 1. The topological polar surface area (TPSA) is 93.8 Å². The van der Waals surface area contributed by atoms with E-state index in [1.165, 1.54) is 0 Å². The van der Waals surface area contributed by atoms with Gasteiger partial charge in [-0.25, -0.2) is 0 Å². The van der Waals surface area contributed by atoms with Crippen molar-refractivity contribution in [2.75, 3.05) is 26.4 Å². The Labute approximate surface area is 164 Å². The molecule has 1 aromatic carbocycles. The first-order valence-corrected chi connectivity index (χ1v) is 9.21. The number of ether oxygens (including phenoxy) is 2. The van der Waals surface area contributed by atoms with Crippen molar-refractivity contribution in [1.29, 1.82) is 0 Å². The summed E-state index contributed by atoms with van der Waals surface area (Å²) in [6.45, 7) is 15.3. The third kappa shape index (κ3) is 18.8. The normalized spacial score (nSPS) is 12.6. The molecule has 0 aromatic heterocycles. The van der Waals surface area contributed by atoms with Crippen molar-refractivity contribution in [1.82, 2.24) is 5.32 Å². The summed E-state index contributed by atoms with van der Waals surface area (Å²) in [6.07, 6.45) is 0.0896. The molecular weight excluding hydrogens is 344 g/mol. The van der Waals surface area contributed by atoms with Gasteiger partial charge in [0.15, 0.2) is 0 Å². The Morgan fingerprint density at radius 2 is 1.67 bits per heavy atom. The van der Waals surface area contributed by atoms with E-state index in [9.17, 15) is 9.90 Å². The molecule has 0 radical (unpaired) electrons. The summed E-state index contributed by atoms with van der Waals surface area (Å²) in [5.74, 6) is -0.440. The van der Waals surface area contributed by atoms with E-state index in [-0.39, 0.29) is 18.8 Å². The molecule has 156 valence electrons. The third-order valence-corrected chi connectivity index (χ3v) is 3.47. The first kappa shape index (κ1) is 27.5. The second-order valence-corrected chi connectivity index (χ2v) is 6.36. The van der Waals surface area contributed by atoms with Gasteiger partial charge in [-0.2, -0.15) is 0 Å². The number of nitrogens with two attached hydrogens (primary N) is 1. The molecule has 1 rings (SSSR count). The molecule has 0 spiro atoms. The number of amides is 1. The van der Waals surface area contributed by atoms with Crippen molar-refractivity contribution >= 4 is 5.91 Å². The quantitative estimate of drug-likeness (QED) is 0.404. The largest absolute Gasteiger partial charge is 0.389 e. The Morgan fingerprint density at radius 3 is 2.07 bits per heavy atom. The van der Waals surface area contributed by atoms with Crippen LogP contribution in [0.3, 0.4) is 0 Å². The summed E-state index contributed by atoms with van der Waals surface area (Å²) >= 11 is 0. The zero-order valence-corrected chi connectivity index (χ0v) is 17.3. The van der Waals surface area contributed by atoms with Gasteiger partial charge in [-0.05, 0) is 34.1 Å². The molecule has 0 bridgehead atoms. The van der Waals surface area contributed by atoms with E-state index in [2.05, 4.69) is 18.5 Å². The van der Waals surface area contributed by atoms with Crippen LogP contribution in [-0.4, -0.2) is 55.1 Å². The number of hydrogen-bond donors (Lipinski definition) is 3. The van der Waals surface area contributed by atoms with Crippen LogP contribution in [0.5, 0.6) is 0 Å². The van der Waals surface area contributed by atoms with Crippen molar-refractivity contribution in [3.05, 3.63) is 49.6 Å². The summed E-state index contributed by atoms with van der Waals surface area (Å²) in [4.78, 5) is 10.8. The van der Waals surface area contributed by atoms with Crippen molar-refractivity contribution < 1.29 is 19.4 Å². The Morgan fingerprint density at radius 1 is 1.19 bits per heavy atom. The minimum Gasteiger partial charge on any atom is -0.389 e. The maximum atomic E-state index is 10.8. The molecule has 4 N–H and O–H groups in total. The molecule has 0 heterocycles.